The molecule has 2 aromatic rings. The Kier molecular flexibility index (Phi) is 7.24. The number of thiazole rings is 1. The van der Waals surface area contributed by atoms with E-state index in [0.29, 0.717) is 25.8 Å². The summed E-state index contributed by atoms with van der Waals surface area (Å²) in [6.07, 6.45) is -0.00377. The van der Waals surface area contributed by atoms with Crippen LogP contribution in [0.25, 0.3) is 0 Å². The van der Waals surface area contributed by atoms with Gasteiger partial charge in [0.1, 0.15) is 16.9 Å². The number of carbonyl (C=O) groups is 3. The van der Waals surface area contributed by atoms with Crippen LogP contribution in [0.2, 0.25) is 0 Å². The molecule has 2 aliphatic rings. The van der Waals surface area contributed by atoms with Gasteiger partial charge in [0.2, 0.25) is 5.91 Å². The summed E-state index contributed by atoms with van der Waals surface area (Å²) < 4.78 is 0.577. The summed E-state index contributed by atoms with van der Waals surface area (Å²) in [5, 5.41) is 23.5. The Labute approximate surface area is 203 Å². The minimum Gasteiger partial charge on any atom is -0.543 e. The summed E-state index contributed by atoms with van der Waals surface area (Å²) in [4.78, 5) is 42.1. The van der Waals surface area contributed by atoms with Crippen molar-refractivity contribution in [2.75, 3.05) is 11.5 Å². The van der Waals surface area contributed by atoms with E-state index >= 15 is 0 Å². The van der Waals surface area contributed by atoms with Crippen LogP contribution >= 0.6 is 46.2 Å². The van der Waals surface area contributed by atoms with Gasteiger partial charge in [0.15, 0.2) is 9.47 Å². The Morgan fingerprint density at radius 1 is 1.41 bits per heavy atom. The minimum absolute atomic E-state index is 0. The summed E-state index contributed by atoms with van der Waals surface area (Å²) >= 11 is 5.02. The number of hydrogen-bond donors (Lipinski definition) is 2. The molecule has 146 valence electrons. The van der Waals surface area contributed by atoms with Gasteiger partial charge in [0.05, 0.1) is 23.8 Å². The van der Waals surface area contributed by atoms with Crippen molar-refractivity contribution in [1.82, 2.24) is 25.4 Å². The molecule has 0 unspecified atom stereocenters. The fourth-order valence-electron chi connectivity index (χ4n) is 2.76. The predicted octanol–water partition coefficient (Wildman–Crippen LogP) is -3.72. The van der Waals surface area contributed by atoms with Crippen LogP contribution in [0.15, 0.2) is 25.8 Å². The molecular weight excluding hydrogens is 467 g/mol. The molecule has 0 saturated carbocycles. The summed E-state index contributed by atoms with van der Waals surface area (Å²) in [6.45, 7) is 0. The molecule has 1 fully saturated rings. The van der Waals surface area contributed by atoms with E-state index in [1.807, 2.05) is 0 Å². The molecule has 2 atom stereocenters. The molecule has 2 aromatic heterocycles. The molecule has 0 aliphatic carbocycles. The van der Waals surface area contributed by atoms with Crippen molar-refractivity contribution in [3.05, 3.63) is 27.2 Å². The van der Waals surface area contributed by atoms with E-state index in [1.165, 1.54) is 44.8 Å². The summed E-state index contributed by atoms with van der Waals surface area (Å²) in [5.74, 6) is -1.94. The predicted molar refractivity (Wildman–Crippen MR) is 103 cm³/mol. The number of hydrogen-bond acceptors (Lipinski definition) is 12. The summed E-state index contributed by atoms with van der Waals surface area (Å²) in [6, 6.07) is -0.795. The van der Waals surface area contributed by atoms with E-state index in [4.69, 9.17) is 5.73 Å². The Balaban J connectivity index is 0.00000240. The number of nitrogens with one attached hydrogen (secondary N) is 1. The maximum Gasteiger partial charge on any atom is 1.00 e. The van der Waals surface area contributed by atoms with Crippen LogP contribution in [0.5, 0.6) is 0 Å². The van der Waals surface area contributed by atoms with Crippen molar-refractivity contribution < 1.29 is 49.0 Å². The van der Waals surface area contributed by atoms with E-state index in [0.717, 1.165) is 11.8 Å². The summed E-state index contributed by atoms with van der Waals surface area (Å²) in [7, 11) is 0. The van der Waals surface area contributed by atoms with Gasteiger partial charge >= 0.3 is 29.6 Å². The van der Waals surface area contributed by atoms with Crippen molar-refractivity contribution in [3.8, 4) is 0 Å². The van der Waals surface area contributed by atoms with Gasteiger partial charge in [-0.05, 0) is 0 Å². The van der Waals surface area contributed by atoms with Gasteiger partial charge in [-0.15, -0.1) is 33.3 Å². The molecule has 0 radical (unpaired) electrons. The smallest absolute Gasteiger partial charge is 0.543 e. The Hall–Kier alpha value is -1.16. The first-order valence-electron chi connectivity index (χ1n) is 7.76. The largest absolute Gasteiger partial charge is 1.00 e. The quantitative estimate of drug-likeness (QED) is 0.313. The van der Waals surface area contributed by atoms with Gasteiger partial charge in [-0.25, -0.2) is 4.98 Å². The first-order valence-corrected chi connectivity index (χ1v) is 11.4. The number of β-lactam (4-membered cyclic amide) rings is 1. The third-order valence-electron chi connectivity index (χ3n) is 3.90. The standard InChI is InChI=1S/C14H12N6O4S4.Na/c15-13-17-5(2-26-13)1-7(21)18-8-10(22)20-9(12(23)24)6(3-25-11(8)20)28-14-19-16-4-27-14;/h2,4,8,11H,1,3H2,(H2,15,17)(H,18,21)(H,23,24);/q;+1/p-1/t8-,11+;/m1./s1. The second-order valence-corrected chi connectivity index (χ2v) is 9.84. The molecule has 0 spiro atoms. The maximum atomic E-state index is 12.6. The SMILES string of the molecule is Nc1nc(CC(=O)N[C@@H]2C(=O)N3C(C(=O)[O-])=C(Sc4nncs4)CS[C@@H]23)cs1.[Na+]. The molecule has 4 heterocycles. The van der Waals surface area contributed by atoms with Crippen molar-refractivity contribution in [1.29, 1.82) is 0 Å². The number of nitrogen functional groups attached to an aromatic ring is 1. The number of carboxylic acids is 1. The molecule has 10 nitrogen and oxygen atoms in total. The molecule has 1 saturated heterocycles. The summed E-state index contributed by atoms with van der Waals surface area (Å²) in [5.41, 5.74) is 7.43. The van der Waals surface area contributed by atoms with E-state index < -0.39 is 23.3 Å². The van der Waals surface area contributed by atoms with Crippen LogP contribution < -0.4 is 45.7 Å². The number of nitrogens with two attached hydrogens (primary N) is 1. The van der Waals surface area contributed by atoms with Crippen molar-refractivity contribution >= 4 is 69.1 Å². The first-order chi connectivity index (χ1) is 13.4. The number of carboxylic acid groups (broad SMARTS) is 1. The second-order valence-electron chi connectivity index (χ2n) is 5.67. The number of aliphatic carboxylic acids is 1. The van der Waals surface area contributed by atoms with Crippen LogP contribution in [0.3, 0.4) is 0 Å². The minimum atomic E-state index is -1.44. The third-order valence-corrected chi connectivity index (χ3v) is 7.95. The van der Waals surface area contributed by atoms with Gasteiger partial charge in [0, 0.05) is 16.0 Å². The Bertz CT molecular complexity index is 981. The average molecular weight is 479 g/mol. The number of carbonyl (C=O) groups excluding carboxylic acids is 3. The monoisotopic (exact) mass is 478 g/mol. The van der Waals surface area contributed by atoms with Gasteiger partial charge in [-0.1, -0.05) is 23.1 Å². The first kappa shape index (κ1) is 22.5. The van der Waals surface area contributed by atoms with Gasteiger partial charge in [0.25, 0.3) is 5.91 Å². The normalized spacial score (nSPS) is 20.6. The number of amides is 2. The van der Waals surface area contributed by atoms with Gasteiger partial charge in [-0.2, -0.15) is 0 Å². The van der Waals surface area contributed by atoms with Crippen LogP contribution in [0.1, 0.15) is 5.69 Å². The van der Waals surface area contributed by atoms with Crippen molar-refractivity contribution in [3.63, 3.8) is 0 Å². The molecule has 2 amide bonds. The van der Waals surface area contributed by atoms with Gasteiger partial charge in [-0.3, -0.25) is 14.5 Å². The number of fused-ring (bicyclic) bond motifs is 1. The topological polar surface area (TPSA) is 154 Å². The number of anilines is 1. The molecule has 0 bridgehead atoms. The number of rotatable bonds is 6. The van der Waals surface area contributed by atoms with Crippen molar-refractivity contribution in [2.24, 2.45) is 0 Å². The van der Waals surface area contributed by atoms with E-state index in [-0.39, 0.29) is 47.6 Å². The van der Waals surface area contributed by atoms with Gasteiger partial charge < -0.3 is 21.0 Å². The third kappa shape index (κ3) is 4.62. The molecule has 3 N–H and O–H groups in total. The zero-order valence-corrected chi connectivity index (χ0v) is 20.1. The van der Waals surface area contributed by atoms with Crippen LogP contribution in [0, 0.1) is 0 Å². The average Bonchev–Trinajstić information content (AvgIpc) is 3.30. The van der Waals surface area contributed by atoms with E-state index in [2.05, 4.69) is 20.5 Å². The molecule has 4 rings (SSSR count). The van der Waals surface area contributed by atoms with Crippen LogP contribution in [-0.4, -0.2) is 55.0 Å². The molecule has 2 aliphatic heterocycles. The Morgan fingerprint density at radius 2 is 2.21 bits per heavy atom. The molecule has 29 heavy (non-hydrogen) atoms. The zero-order chi connectivity index (χ0) is 19.8. The van der Waals surface area contributed by atoms with E-state index in [1.54, 1.807) is 5.38 Å². The molecule has 15 heteroatoms. The number of nitrogens with zero attached hydrogens (tertiary/aromatic N) is 4. The van der Waals surface area contributed by atoms with Crippen LogP contribution in [-0.2, 0) is 20.8 Å². The molecule has 0 aromatic carbocycles. The fourth-order valence-corrected chi connectivity index (χ4v) is 6.44. The number of aromatic nitrogens is 3. The van der Waals surface area contributed by atoms with Crippen LogP contribution in [0.4, 0.5) is 5.13 Å². The van der Waals surface area contributed by atoms with Crippen molar-refractivity contribution in [2.45, 2.75) is 22.2 Å². The van der Waals surface area contributed by atoms with E-state index in [9.17, 15) is 19.5 Å². The second kappa shape index (κ2) is 9.32. The number of thioether (sulfide) groups is 2. The fraction of sp³-hybridized carbons (Fsp3) is 0.286. The maximum absolute atomic E-state index is 12.6. The Morgan fingerprint density at radius 3 is 2.83 bits per heavy atom. The molecular formula is C14H11N6NaO4S4. The zero-order valence-electron chi connectivity index (χ0n) is 14.9.